The maximum absolute atomic E-state index is 12.2. The third-order valence-electron chi connectivity index (χ3n) is 3.45. The lowest BCUT2D eigenvalue weighted by atomic mass is 10.0. The average molecular weight is 321 g/mol. The highest BCUT2D eigenvalue weighted by atomic mass is 16.3. The molecule has 0 aliphatic rings. The number of anilines is 2. The lowest BCUT2D eigenvalue weighted by Gasteiger charge is -2.08. The fraction of sp³-hybridized carbons (Fsp3) is 0.158. The Morgan fingerprint density at radius 3 is 2.21 bits per heavy atom. The Labute approximate surface area is 141 Å². The van der Waals surface area contributed by atoms with Crippen molar-refractivity contribution in [2.24, 2.45) is 0 Å². The number of carbonyl (C=O) groups excluding carboxylic acids is 1. The summed E-state index contributed by atoms with van der Waals surface area (Å²) in [5.41, 5.74) is 2.43. The molecular formula is C19H19N3O2. The third-order valence-corrected chi connectivity index (χ3v) is 3.45. The van der Waals surface area contributed by atoms with Crippen LogP contribution in [0.4, 0.5) is 11.4 Å². The van der Waals surface area contributed by atoms with Gasteiger partial charge in [-0.1, -0.05) is 26.0 Å². The Bertz CT molecular complexity index is 770. The number of aromatic hydroxyl groups is 1. The van der Waals surface area contributed by atoms with Gasteiger partial charge in [0.15, 0.2) is 0 Å². The van der Waals surface area contributed by atoms with E-state index in [4.69, 9.17) is 5.26 Å². The first-order chi connectivity index (χ1) is 11.5. The zero-order valence-electron chi connectivity index (χ0n) is 13.6. The largest absolute Gasteiger partial charge is 0.508 e. The Morgan fingerprint density at radius 2 is 1.67 bits per heavy atom. The SMILES string of the molecule is CC(C)c1ccc(NC(=O)/C(C#N)=C\Nc2ccc(O)cc2)cc1. The van der Waals surface area contributed by atoms with Gasteiger partial charge in [0.1, 0.15) is 17.4 Å². The molecule has 0 spiro atoms. The summed E-state index contributed by atoms with van der Waals surface area (Å²) >= 11 is 0. The summed E-state index contributed by atoms with van der Waals surface area (Å²) in [6.45, 7) is 4.19. The maximum atomic E-state index is 12.2. The van der Waals surface area contributed by atoms with Crippen LogP contribution in [0.1, 0.15) is 25.3 Å². The van der Waals surface area contributed by atoms with Gasteiger partial charge in [-0.25, -0.2) is 0 Å². The molecule has 0 aromatic heterocycles. The first kappa shape index (κ1) is 17.1. The van der Waals surface area contributed by atoms with Crippen molar-refractivity contribution in [1.29, 1.82) is 5.26 Å². The van der Waals surface area contributed by atoms with Crippen LogP contribution < -0.4 is 10.6 Å². The summed E-state index contributed by atoms with van der Waals surface area (Å²) in [5, 5.41) is 23.9. The molecule has 0 saturated heterocycles. The van der Waals surface area contributed by atoms with Crippen LogP contribution >= 0.6 is 0 Å². The molecule has 0 radical (unpaired) electrons. The average Bonchev–Trinajstić information content (AvgIpc) is 2.57. The van der Waals surface area contributed by atoms with Gasteiger partial charge in [-0.15, -0.1) is 0 Å². The highest BCUT2D eigenvalue weighted by Gasteiger charge is 2.09. The van der Waals surface area contributed by atoms with Crippen molar-refractivity contribution in [1.82, 2.24) is 0 Å². The van der Waals surface area contributed by atoms with E-state index in [1.54, 1.807) is 12.1 Å². The van der Waals surface area contributed by atoms with E-state index in [1.165, 1.54) is 23.9 Å². The van der Waals surface area contributed by atoms with Gasteiger partial charge in [0.05, 0.1) is 0 Å². The Kier molecular flexibility index (Phi) is 5.58. The fourth-order valence-corrected chi connectivity index (χ4v) is 2.01. The monoisotopic (exact) mass is 321 g/mol. The predicted octanol–water partition coefficient (Wildman–Crippen LogP) is 3.97. The molecule has 0 aliphatic heterocycles. The highest BCUT2D eigenvalue weighted by molar-refractivity contribution is 6.06. The molecular weight excluding hydrogens is 302 g/mol. The first-order valence-electron chi connectivity index (χ1n) is 7.56. The molecule has 2 aromatic rings. The summed E-state index contributed by atoms with van der Waals surface area (Å²) in [7, 11) is 0. The van der Waals surface area contributed by atoms with Gasteiger partial charge in [-0.05, 0) is 47.9 Å². The minimum Gasteiger partial charge on any atom is -0.508 e. The number of hydrogen-bond donors (Lipinski definition) is 3. The number of amides is 1. The van der Waals surface area contributed by atoms with E-state index < -0.39 is 5.91 Å². The van der Waals surface area contributed by atoms with Crippen LogP contribution in [-0.2, 0) is 4.79 Å². The Balaban J connectivity index is 2.04. The van der Waals surface area contributed by atoms with Gasteiger partial charge in [0.25, 0.3) is 5.91 Å². The highest BCUT2D eigenvalue weighted by Crippen LogP contribution is 2.18. The van der Waals surface area contributed by atoms with Crippen LogP contribution in [0.5, 0.6) is 5.75 Å². The first-order valence-corrected chi connectivity index (χ1v) is 7.56. The third kappa shape index (κ3) is 4.62. The van der Waals surface area contributed by atoms with Gasteiger partial charge < -0.3 is 15.7 Å². The number of nitrogens with one attached hydrogen (secondary N) is 2. The van der Waals surface area contributed by atoms with Gasteiger partial charge in [-0.3, -0.25) is 4.79 Å². The van der Waals surface area contributed by atoms with Crippen molar-refractivity contribution in [3.8, 4) is 11.8 Å². The fourth-order valence-electron chi connectivity index (χ4n) is 2.01. The zero-order chi connectivity index (χ0) is 17.5. The summed E-state index contributed by atoms with van der Waals surface area (Å²) in [6.07, 6.45) is 1.34. The molecule has 24 heavy (non-hydrogen) atoms. The van der Waals surface area contributed by atoms with E-state index in [-0.39, 0.29) is 11.3 Å². The van der Waals surface area contributed by atoms with Gasteiger partial charge in [0.2, 0.25) is 0 Å². The molecule has 0 saturated carbocycles. The van der Waals surface area contributed by atoms with E-state index >= 15 is 0 Å². The molecule has 2 aromatic carbocycles. The molecule has 0 atom stereocenters. The van der Waals surface area contributed by atoms with E-state index in [1.807, 2.05) is 30.3 Å². The van der Waals surface area contributed by atoms with Crippen LogP contribution in [0.3, 0.4) is 0 Å². The number of nitriles is 1. The zero-order valence-corrected chi connectivity index (χ0v) is 13.6. The van der Waals surface area contributed by atoms with Gasteiger partial charge >= 0.3 is 0 Å². The molecule has 0 fully saturated rings. The molecule has 0 heterocycles. The number of phenolic OH excluding ortho intramolecular Hbond substituents is 1. The Hall–Kier alpha value is -3.26. The van der Waals surface area contributed by atoms with Crippen molar-refractivity contribution in [3.05, 3.63) is 65.9 Å². The number of hydrogen-bond acceptors (Lipinski definition) is 4. The van der Waals surface area contributed by atoms with Crippen molar-refractivity contribution in [2.45, 2.75) is 19.8 Å². The van der Waals surface area contributed by atoms with Crippen molar-refractivity contribution in [3.63, 3.8) is 0 Å². The molecule has 5 heteroatoms. The number of phenols is 1. The van der Waals surface area contributed by atoms with Crippen LogP contribution in [0.2, 0.25) is 0 Å². The molecule has 0 unspecified atom stereocenters. The summed E-state index contributed by atoms with van der Waals surface area (Å²) < 4.78 is 0. The number of rotatable bonds is 5. The molecule has 2 rings (SSSR count). The van der Waals surface area contributed by atoms with Crippen LogP contribution in [0, 0.1) is 11.3 Å². The second kappa shape index (κ2) is 7.84. The van der Waals surface area contributed by atoms with Gasteiger partial charge in [-0.2, -0.15) is 5.26 Å². The molecule has 122 valence electrons. The summed E-state index contributed by atoms with van der Waals surface area (Å²) in [5.74, 6) is 0.0764. The standard InChI is InChI=1S/C19H19N3O2/c1-13(2)14-3-5-17(6-4-14)22-19(24)15(11-20)12-21-16-7-9-18(23)10-8-16/h3-10,12-13,21,23H,1-2H3,(H,22,24)/b15-12-. The lowest BCUT2D eigenvalue weighted by molar-refractivity contribution is -0.112. The lowest BCUT2D eigenvalue weighted by Crippen LogP contribution is -2.14. The second-order valence-corrected chi connectivity index (χ2v) is 5.59. The van der Waals surface area contributed by atoms with E-state index in [0.717, 1.165) is 0 Å². The van der Waals surface area contributed by atoms with Crippen molar-refractivity contribution < 1.29 is 9.90 Å². The molecule has 5 nitrogen and oxygen atoms in total. The number of nitrogens with zero attached hydrogens (tertiary/aromatic N) is 1. The van der Waals surface area contributed by atoms with E-state index in [9.17, 15) is 9.90 Å². The smallest absolute Gasteiger partial charge is 0.267 e. The quantitative estimate of drug-likeness (QED) is 0.442. The maximum Gasteiger partial charge on any atom is 0.267 e. The van der Waals surface area contributed by atoms with Crippen LogP contribution in [-0.4, -0.2) is 11.0 Å². The minimum atomic E-state index is -0.485. The van der Waals surface area contributed by atoms with Crippen molar-refractivity contribution >= 4 is 17.3 Å². The molecule has 0 aliphatic carbocycles. The van der Waals surface area contributed by atoms with E-state index in [2.05, 4.69) is 24.5 Å². The Morgan fingerprint density at radius 1 is 1.08 bits per heavy atom. The number of carbonyl (C=O) groups is 1. The van der Waals surface area contributed by atoms with Crippen molar-refractivity contribution in [2.75, 3.05) is 10.6 Å². The van der Waals surface area contributed by atoms with Gasteiger partial charge in [0, 0.05) is 17.6 Å². The molecule has 3 N–H and O–H groups in total. The van der Waals surface area contributed by atoms with Crippen LogP contribution in [0.25, 0.3) is 0 Å². The minimum absolute atomic E-state index is 0.0454. The topological polar surface area (TPSA) is 85.2 Å². The molecule has 1 amide bonds. The normalized spacial score (nSPS) is 11.0. The summed E-state index contributed by atoms with van der Waals surface area (Å²) in [4.78, 5) is 12.2. The predicted molar refractivity (Wildman–Crippen MR) is 94.6 cm³/mol. The van der Waals surface area contributed by atoms with Crippen LogP contribution in [0.15, 0.2) is 60.3 Å². The van der Waals surface area contributed by atoms with E-state index in [0.29, 0.717) is 17.3 Å². The molecule has 0 bridgehead atoms. The number of benzene rings is 2. The second-order valence-electron chi connectivity index (χ2n) is 5.59. The summed E-state index contributed by atoms with van der Waals surface area (Å²) in [6, 6.07) is 15.7.